The summed E-state index contributed by atoms with van der Waals surface area (Å²) >= 11 is 0. The first-order chi connectivity index (χ1) is 14.5. The molecular formula is C23H27N3O4. The number of benzene rings is 1. The minimum absolute atomic E-state index is 0.0235. The van der Waals surface area contributed by atoms with Crippen LogP contribution in [0.15, 0.2) is 34.7 Å². The van der Waals surface area contributed by atoms with Gasteiger partial charge >= 0.3 is 5.97 Å². The highest BCUT2D eigenvalue weighted by Gasteiger charge is 2.54. The van der Waals surface area contributed by atoms with Crippen molar-refractivity contribution in [2.24, 2.45) is 23.2 Å². The van der Waals surface area contributed by atoms with Gasteiger partial charge in [-0.15, -0.1) is 10.2 Å². The number of rotatable bonds is 6. The summed E-state index contributed by atoms with van der Waals surface area (Å²) in [6, 6.07) is 9.41. The molecule has 0 radical (unpaired) electrons. The summed E-state index contributed by atoms with van der Waals surface area (Å²) in [6.07, 6.45) is 6.07. The zero-order valence-corrected chi connectivity index (χ0v) is 17.2. The fourth-order valence-electron chi connectivity index (χ4n) is 6.11. The van der Waals surface area contributed by atoms with E-state index in [1.807, 2.05) is 30.3 Å². The average molecular weight is 409 g/mol. The highest BCUT2D eigenvalue weighted by molar-refractivity contribution is 5.86. The van der Waals surface area contributed by atoms with E-state index in [0.29, 0.717) is 23.6 Å². The summed E-state index contributed by atoms with van der Waals surface area (Å²) in [5.41, 5.74) is 0.537. The van der Waals surface area contributed by atoms with E-state index in [1.54, 1.807) is 6.92 Å². The molecule has 0 spiro atoms. The summed E-state index contributed by atoms with van der Waals surface area (Å²) < 4.78 is 11.0. The third-order valence-electron chi connectivity index (χ3n) is 7.03. The molecule has 30 heavy (non-hydrogen) atoms. The predicted octanol–water partition coefficient (Wildman–Crippen LogP) is 3.67. The monoisotopic (exact) mass is 409 g/mol. The number of hydrogen-bond acceptors (Lipinski definition) is 6. The number of carbonyl (C=O) groups is 2. The maximum absolute atomic E-state index is 13.0. The van der Waals surface area contributed by atoms with Crippen molar-refractivity contribution in [2.75, 3.05) is 6.54 Å². The van der Waals surface area contributed by atoms with Crippen molar-refractivity contribution in [3.63, 3.8) is 0 Å². The van der Waals surface area contributed by atoms with Gasteiger partial charge in [-0.05, 0) is 75.3 Å². The summed E-state index contributed by atoms with van der Waals surface area (Å²) in [4.78, 5) is 25.3. The molecule has 1 aromatic heterocycles. The molecule has 2 aromatic rings. The predicted molar refractivity (Wildman–Crippen MR) is 108 cm³/mol. The first-order valence-corrected chi connectivity index (χ1v) is 10.9. The number of hydrogen-bond donors (Lipinski definition) is 1. The molecule has 0 aliphatic heterocycles. The molecule has 4 fully saturated rings. The Balaban J connectivity index is 1.15. The van der Waals surface area contributed by atoms with Gasteiger partial charge in [0.25, 0.3) is 5.89 Å². The number of ether oxygens (including phenoxy) is 1. The van der Waals surface area contributed by atoms with E-state index in [-0.39, 0.29) is 23.8 Å². The smallest absolute Gasteiger partial charge is 0.326 e. The van der Waals surface area contributed by atoms with Gasteiger partial charge in [0.15, 0.2) is 6.10 Å². The van der Waals surface area contributed by atoms with Crippen LogP contribution in [0.3, 0.4) is 0 Å². The van der Waals surface area contributed by atoms with Crippen molar-refractivity contribution in [3.8, 4) is 11.5 Å². The normalized spacial score (nSPS) is 30.1. The van der Waals surface area contributed by atoms with E-state index >= 15 is 0 Å². The van der Waals surface area contributed by atoms with Crippen LogP contribution >= 0.6 is 0 Å². The maximum atomic E-state index is 13.0. The minimum Gasteiger partial charge on any atom is -0.451 e. The Morgan fingerprint density at radius 2 is 1.73 bits per heavy atom. The first kappa shape index (κ1) is 19.3. The van der Waals surface area contributed by atoms with Crippen molar-refractivity contribution < 1.29 is 18.7 Å². The number of carbonyl (C=O) groups excluding carboxylic acids is 2. The lowest BCUT2D eigenvalue weighted by atomic mass is 9.49. The number of nitrogens with one attached hydrogen (secondary N) is 1. The molecule has 1 heterocycles. The highest BCUT2D eigenvalue weighted by atomic mass is 16.6. The molecule has 4 bridgehead atoms. The van der Waals surface area contributed by atoms with Gasteiger partial charge < -0.3 is 14.5 Å². The Hall–Kier alpha value is -2.70. The Labute approximate surface area is 175 Å². The average Bonchev–Trinajstić information content (AvgIpc) is 3.22. The summed E-state index contributed by atoms with van der Waals surface area (Å²) in [5.74, 6) is 2.19. The zero-order valence-electron chi connectivity index (χ0n) is 17.2. The van der Waals surface area contributed by atoms with Crippen LogP contribution in [0.1, 0.15) is 57.4 Å². The third kappa shape index (κ3) is 3.61. The molecule has 7 nitrogen and oxygen atoms in total. The van der Waals surface area contributed by atoms with Crippen LogP contribution in [-0.4, -0.2) is 28.6 Å². The molecule has 4 saturated carbocycles. The standard InChI is InChI=1S/C23H27N3O4/c1-14(20-25-26-21(30-20)18-5-3-2-4-6-18)29-19(27)13-24-22(28)23-10-15-7-16(11-23)9-17(8-15)12-23/h2-6,14-17H,7-13H2,1H3,(H,24,28)/t14-,15?,16?,17?,23?/m0/s1. The van der Waals surface area contributed by atoms with Crippen LogP contribution in [0.5, 0.6) is 0 Å². The van der Waals surface area contributed by atoms with Crippen LogP contribution in [0.25, 0.3) is 11.5 Å². The van der Waals surface area contributed by atoms with Crippen LogP contribution in [0, 0.1) is 23.2 Å². The van der Waals surface area contributed by atoms with Crippen LogP contribution < -0.4 is 5.32 Å². The van der Waals surface area contributed by atoms with Gasteiger partial charge in [-0.2, -0.15) is 0 Å². The fraction of sp³-hybridized carbons (Fsp3) is 0.565. The number of amides is 1. The van der Waals surface area contributed by atoms with Gasteiger partial charge in [0, 0.05) is 11.0 Å². The quantitative estimate of drug-likeness (QED) is 0.732. The second-order valence-corrected chi connectivity index (χ2v) is 9.32. The molecule has 4 aliphatic carbocycles. The molecule has 158 valence electrons. The van der Waals surface area contributed by atoms with Crippen molar-refractivity contribution in [3.05, 3.63) is 36.2 Å². The number of nitrogens with zero attached hydrogens (tertiary/aromatic N) is 2. The van der Waals surface area contributed by atoms with E-state index in [1.165, 1.54) is 19.3 Å². The fourth-order valence-corrected chi connectivity index (χ4v) is 6.11. The first-order valence-electron chi connectivity index (χ1n) is 10.9. The number of aromatic nitrogens is 2. The Morgan fingerprint density at radius 1 is 1.10 bits per heavy atom. The van der Waals surface area contributed by atoms with Gasteiger partial charge in [-0.25, -0.2) is 0 Å². The Bertz CT molecular complexity index is 904. The highest BCUT2D eigenvalue weighted by Crippen LogP contribution is 2.60. The second kappa shape index (κ2) is 7.52. The molecular weight excluding hydrogens is 382 g/mol. The second-order valence-electron chi connectivity index (χ2n) is 9.32. The van der Waals surface area contributed by atoms with Crippen molar-refractivity contribution in [1.29, 1.82) is 0 Å². The topological polar surface area (TPSA) is 94.3 Å². The number of esters is 1. The van der Waals surface area contributed by atoms with Crippen molar-refractivity contribution in [1.82, 2.24) is 15.5 Å². The van der Waals surface area contributed by atoms with Gasteiger partial charge in [-0.3, -0.25) is 9.59 Å². The Kier molecular flexibility index (Phi) is 4.83. The van der Waals surface area contributed by atoms with Crippen molar-refractivity contribution in [2.45, 2.75) is 51.6 Å². The summed E-state index contributed by atoms with van der Waals surface area (Å²) in [6.45, 7) is 1.55. The van der Waals surface area contributed by atoms with Crippen LogP contribution in [0.4, 0.5) is 0 Å². The molecule has 1 N–H and O–H groups in total. The van der Waals surface area contributed by atoms with Crippen LogP contribution in [-0.2, 0) is 14.3 Å². The van der Waals surface area contributed by atoms with Crippen LogP contribution in [0.2, 0.25) is 0 Å². The lowest BCUT2D eigenvalue weighted by Crippen LogP contribution is -2.54. The van der Waals surface area contributed by atoms with E-state index in [9.17, 15) is 9.59 Å². The largest absolute Gasteiger partial charge is 0.451 e. The van der Waals surface area contributed by atoms with E-state index < -0.39 is 12.1 Å². The lowest BCUT2D eigenvalue weighted by molar-refractivity contribution is -0.153. The SMILES string of the molecule is C[C@H](OC(=O)CNC(=O)C12CC3CC(CC(C3)C1)C2)c1nnc(-c2ccccc2)o1. The van der Waals surface area contributed by atoms with E-state index in [4.69, 9.17) is 9.15 Å². The third-order valence-corrected chi connectivity index (χ3v) is 7.03. The van der Waals surface area contributed by atoms with Gasteiger partial charge in [0.05, 0.1) is 0 Å². The van der Waals surface area contributed by atoms with Gasteiger partial charge in [-0.1, -0.05) is 18.2 Å². The molecule has 0 unspecified atom stereocenters. The van der Waals surface area contributed by atoms with E-state index in [2.05, 4.69) is 15.5 Å². The summed E-state index contributed by atoms with van der Waals surface area (Å²) in [7, 11) is 0. The molecule has 1 atom stereocenters. The molecule has 0 saturated heterocycles. The zero-order chi connectivity index (χ0) is 20.7. The van der Waals surface area contributed by atoms with Gasteiger partial charge in [0.1, 0.15) is 6.54 Å². The maximum Gasteiger partial charge on any atom is 0.326 e. The lowest BCUT2D eigenvalue weighted by Gasteiger charge is -2.55. The summed E-state index contributed by atoms with van der Waals surface area (Å²) in [5, 5.41) is 10.9. The molecule has 4 aliphatic rings. The minimum atomic E-state index is -0.682. The van der Waals surface area contributed by atoms with E-state index in [0.717, 1.165) is 24.8 Å². The molecule has 1 aromatic carbocycles. The Morgan fingerprint density at radius 3 is 2.37 bits per heavy atom. The van der Waals surface area contributed by atoms with Gasteiger partial charge in [0.2, 0.25) is 11.8 Å². The molecule has 6 rings (SSSR count). The molecule has 1 amide bonds. The van der Waals surface area contributed by atoms with Crippen molar-refractivity contribution >= 4 is 11.9 Å². The molecule has 7 heteroatoms.